The number of rotatable bonds is 5. The molecule has 2 aromatic rings. The number of hydrogen-bond donors (Lipinski definition) is 1. The molecule has 0 aliphatic carbocycles. The zero-order valence-corrected chi connectivity index (χ0v) is 13.4. The van der Waals surface area contributed by atoms with Gasteiger partial charge in [-0.25, -0.2) is 9.97 Å². The van der Waals surface area contributed by atoms with E-state index in [9.17, 15) is 0 Å². The van der Waals surface area contributed by atoms with Crippen molar-refractivity contribution in [2.45, 2.75) is 26.7 Å². The smallest absolute Gasteiger partial charge is 0.129 e. The fourth-order valence-electron chi connectivity index (χ4n) is 2.99. The van der Waals surface area contributed by atoms with Crippen molar-refractivity contribution in [3.05, 3.63) is 47.9 Å². The zero-order valence-electron chi connectivity index (χ0n) is 13.4. The predicted octanol–water partition coefficient (Wildman–Crippen LogP) is 3.29. The van der Waals surface area contributed by atoms with Gasteiger partial charge < -0.3 is 10.2 Å². The highest BCUT2D eigenvalue weighted by Gasteiger charge is 2.22. The van der Waals surface area contributed by atoms with E-state index in [1.807, 2.05) is 6.07 Å². The Morgan fingerprint density at radius 3 is 3.00 bits per heavy atom. The first-order valence-electron chi connectivity index (χ1n) is 8.11. The second kappa shape index (κ2) is 6.77. The molecule has 1 aliphatic heterocycles. The van der Waals surface area contributed by atoms with Gasteiger partial charge in [-0.2, -0.15) is 0 Å². The topological polar surface area (TPSA) is 41.0 Å². The monoisotopic (exact) mass is 296 g/mol. The van der Waals surface area contributed by atoms with E-state index in [-0.39, 0.29) is 0 Å². The molecule has 1 fully saturated rings. The Balaban J connectivity index is 1.54. The molecule has 22 heavy (non-hydrogen) atoms. The molecule has 3 rings (SSSR count). The van der Waals surface area contributed by atoms with Crippen LogP contribution in [0.2, 0.25) is 0 Å². The standard InChI is InChI=1S/C18H24N4/c1-3-16-10-18(21-13-20-16)19-11-15-7-8-22(12-15)17-6-4-5-14(2)9-17/h4-6,9-10,13,15H,3,7-8,11-12H2,1-2H3,(H,19,20,21)/t15-/m1/s1. The normalized spacial score (nSPS) is 17.7. The molecule has 116 valence electrons. The summed E-state index contributed by atoms with van der Waals surface area (Å²) in [5.74, 6) is 1.61. The molecule has 1 atom stereocenters. The Morgan fingerprint density at radius 1 is 1.27 bits per heavy atom. The summed E-state index contributed by atoms with van der Waals surface area (Å²) in [5.41, 5.74) is 3.76. The molecular weight excluding hydrogens is 272 g/mol. The van der Waals surface area contributed by atoms with Crippen molar-refractivity contribution in [2.75, 3.05) is 29.9 Å². The third-order valence-corrected chi connectivity index (χ3v) is 4.31. The van der Waals surface area contributed by atoms with E-state index in [2.05, 4.69) is 58.3 Å². The lowest BCUT2D eigenvalue weighted by atomic mass is 10.1. The van der Waals surface area contributed by atoms with Crippen molar-refractivity contribution in [1.82, 2.24) is 9.97 Å². The van der Waals surface area contributed by atoms with E-state index >= 15 is 0 Å². The quantitative estimate of drug-likeness (QED) is 0.919. The van der Waals surface area contributed by atoms with E-state index in [0.717, 1.165) is 37.6 Å². The third-order valence-electron chi connectivity index (χ3n) is 4.31. The van der Waals surface area contributed by atoms with Gasteiger partial charge in [0.25, 0.3) is 0 Å². The number of benzene rings is 1. The minimum absolute atomic E-state index is 0.667. The van der Waals surface area contributed by atoms with Crippen molar-refractivity contribution in [3.8, 4) is 0 Å². The van der Waals surface area contributed by atoms with Crippen LogP contribution in [-0.4, -0.2) is 29.6 Å². The van der Waals surface area contributed by atoms with Crippen LogP contribution in [0.15, 0.2) is 36.7 Å². The molecule has 4 nitrogen and oxygen atoms in total. The summed E-state index contributed by atoms with van der Waals surface area (Å²) in [5, 5.41) is 3.47. The summed E-state index contributed by atoms with van der Waals surface area (Å²) in [6.45, 7) is 7.49. The van der Waals surface area contributed by atoms with E-state index in [0.29, 0.717) is 5.92 Å². The SMILES string of the molecule is CCc1cc(NC[C@H]2CCN(c3cccc(C)c3)C2)ncn1. The highest BCUT2D eigenvalue weighted by molar-refractivity contribution is 5.49. The fourth-order valence-corrected chi connectivity index (χ4v) is 2.99. The lowest BCUT2D eigenvalue weighted by Crippen LogP contribution is -2.22. The number of aromatic nitrogens is 2. The van der Waals surface area contributed by atoms with Gasteiger partial charge in [-0.1, -0.05) is 19.1 Å². The number of nitrogens with one attached hydrogen (secondary N) is 1. The van der Waals surface area contributed by atoms with Crippen LogP contribution >= 0.6 is 0 Å². The molecule has 2 heterocycles. The number of hydrogen-bond acceptors (Lipinski definition) is 4. The summed E-state index contributed by atoms with van der Waals surface area (Å²) >= 11 is 0. The highest BCUT2D eigenvalue weighted by Crippen LogP contribution is 2.24. The maximum atomic E-state index is 4.30. The van der Waals surface area contributed by atoms with Gasteiger partial charge in [-0.15, -0.1) is 0 Å². The van der Waals surface area contributed by atoms with Crippen LogP contribution in [0.5, 0.6) is 0 Å². The molecular formula is C18H24N4. The Hall–Kier alpha value is -2.10. The largest absolute Gasteiger partial charge is 0.371 e. The van der Waals surface area contributed by atoms with Crippen molar-refractivity contribution in [3.63, 3.8) is 0 Å². The first kappa shape index (κ1) is 14.8. The molecule has 0 bridgehead atoms. The zero-order chi connectivity index (χ0) is 15.4. The Kier molecular flexibility index (Phi) is 4.56. The third kappa shape index (κ3) is 3.56. The molecule has 4 heteroatoms. The van der Waals surface area contributed by atoms with Crippen LogP contribution in [0.1, 0.15) is 24.6 Å². The Bertz CT molecular complexity index is 626. The Labute approximate surface area is 132 Å². The van der Waals surface area contributed by atoms with Crippen LogP contribution in [0.25, 0.3) is 0 Å². The predicted molar refractivity (Wildman–Crippen MR) is 91.4 cm³/mol. The summed E-state index contributed by atoms with van der Waals surface area (Å²) in [6.07, 6.45) is 3.82. The second-order valence-electron chi connectivity index (χ2n) is 6.07. The van der Waals surface area contributed by atoms with Crippen molar-refractivity contribution < 1.29 is 0 Å². The second-order valence-corrected chi connectivity index (χ2v) is 6.07. The van der Waals surface area contributed by atoms with Gasteiger partial charge in [-0.05, 0) is 43.4 Å². The van der Waals surface area contributed by atoms with Crippen LogP contribution in [0.4, 0.5) is 11.5 Å². The van der Waals surface area contributed by atoms with E-state index in [4.69, 9.17) is 0 Å². The average Bonchev–Trinajstić information content (AvgIpc) is 3.02. The summed E-state index contributed by atoms with van der Waals surface area (Å²) in [6, 6.07) is 10.8. The molecule has 1 aliphatic rings. The average molecular weight is 296 g/mol. The Morgan fingerprint density at radius 2 is 2.18 bits per heavy atom. The van der Waals surface area contributed by atoms with Gasteiger partial charge in [0.1, 0.15) is 12.1 Å². The molecule has 1 aromatic carbocycles. The minimum Gasteiger partial charge on any atom is -0.371 e. The van der Waals surface area contributed by atoms with Gasteiger partial charge >= 0.3 is 0 Å². The van der Waals surface area contributed by atoms with E-state index < -0.39 is 0 Å². The maximum absolute atomic E-state index is 4.30. The van der Waals surface area contributed by atoms with Gasteiger partial charge in [0, 0.05) is 37.1 Å². The number of aryl methyl sites for hydroxylation is 2. The van der Waals surface area contributed by atoms with E-state index in [1.165, 1.54) is 17.7 Å². The lowest BCUT2D eigenvalue weighted by Gasteiger charge is -2.19. The lowest BCUT2D eigenvalue weighted by molar-refractivity contribution is 0.621. The van der Waals surface area contributed by atoms with Crippen LogP contribution in [0.3, 0.4) is 0 Å². The molecule has 1 aromatic heterocycles. The molecule has 0 saturated carbocycles. The molecule has 0 spiro atoms. The van der Waals surface area contributed by atoms with Crippen molar-refractivity contribution >= 4 is 11.5 Å². The minimum atomic E-state index is 0.667. The molecule has 1 N–H and O–H groups in total. The van der Waals surface area contributed by atoms with Gasteiger partial charge in [0.05, 0.1) is 0 Å². The van der Waals surface area contributed by atoms with Crippen molar-refractivity contribution in [2.24, 2.45) is 5.92 Å². The van der Waals surface area contributed by atoms with Gasteiger partial charge in [-0.3, -0.25) is 0 Å². The van der Waals surface area contributed by atoms with Crippen molar-refractivity contribution in [1.29, 1.82) is 0 Å². The van der Waals surface area contributed by atoms with Crippen LogP contribution < -0.4 is 10.2 Å². The van der Waals surface area contributed by atoms with E-state index in [1.54, 1.807) is 6.33 Å². The first-order chi connectivity index (χ1) is 10.7. The summed E-state index contributed by atoms with van der Waals surface area (Å²) in [4.78, 5) is 11.0. The number of nitrogens with zero attached hydrogens (tertiary/aromatic N) is 3. The molecule has 0 radical (unpaired) electrons. The fraction of sp³-hybridized carbons (Fsp3) is 0.444. The number of anilines is 2. The van der Waals surface area contributed by atoms with Crippen LogP contribution in [0, 0.1) is 12.8 Å². The highest BCUT2D eigenvalue weighted by atomic mass is 15.2. The summed E-state index contributed by atoms with van der Waals surface area (Å²) in [7, 11) is 0. The summed E-state index contributed by atoms with van der Waals surface area (Å²) < 4.78 is 0. The maximum Gasteiger partial charge on any atom is 0.129 e. The first-order valence-corrected chi connectivity index (χ1v) is 8.11. The van der Waals surface area contributed by atoms with Gasteiger partial charge in [0.2, 0.25) is 0 Å². The van der Waals surface area contributed by atoms with Gasteiger partial charge in [0.15, 0.2) is 0 Å². The molecule has 0 amide bonds. The van der Waals surface area contributed by atoms with Crippen LogP contribution in [-0.2, 0) is 6.42 Å². The molecule has 0 unspecified atom stereocenters. The molecule has 1 saturated heterocycles.